The highest BCUT2D eigenvalue weighted by Gasteiger charge is 2.89. The Kier molecular flexibility index (Phi) is 5.64. The van der Waals surface area contributed by atoms with Gasteiger partial charge in [0, 0.05) is 30.6 Å². The second-order valence-corrected chi connectivity index (χ2v) is 17.1. The summed E-state index contributed by atoms with van der Waals surface area (Å²) in [6, 6.07) is 0. The van der Waals surface area contributed by atoms with Crippen LogP contribution >= 0.6 is 0 Å². The smallest absolute Gasteiger partial charge is 0.303 e. The van der Waals surface area contributed by atoms with Gasteiger partial charge in [0.25, 0.3) is 0 Å². The van der Waals surface area contributed by atoms with Crippen LogP contribution in [0.25, 0.3) is 0 Å². The fraction of sp³-hybridized carbons (Fsp3) is 0.941. The standard InChI is InChI=1S/C34H52O7/c1-18-16-21-26(29(6,7)37)41-34(40-21)25(18)30(8)14-15-33-17-32(33)13-12-24(38-19(2)35)28(4,5)22(32)10-11-23(33)31(30,9)27(34)39-20(3)36/h18,21-27,37H,10-17H2,1-9H3/t18-,21+,22+,23+,24+,25-,26?,27-,30-,31-,32-,33+,34+/m1/s1. The summed E-state index contributed by atoms with van der Waals surface area (Å²) < 4.78 is 26.3. The second kappa shape index (κ2) is 8.10. The molecule has 0 aromatic heterocycles. The van der Waals surface area contributed by atoms with Gasteiger partial charge in [0.05, 0.1) is 11.7 Å². The van der Waals surface area contributed by atoms with Crippen molar-refractivity contribution in [1.82, 2.24) is 0 Å². The molecule has 2 heterocycles. The molecule has 1 unspecified atom stereocenters. The summed E-state index contributed by atoms with van der Waals surface area (Å²) in [5.74, 6) is -0.216. The molecule has 2 saturated heterocycles. The second-order valence-electron chi connectivity index (χ2n) is 17.1. The van der Waals surface area contributed by atoms with Crippen molar-refractivity contribution in [3.63, 3.8) is 0 Å². The molecule has 13 atom stereocenters. The van der Waals surface area contributed by atoms with Crippen LogP contribution in [0.2, 0.25) is 0 Å². The highest BCUT2D eigenvalue weighted by atomic mass is 16.8. The number of aliphatic hydroxyl groups is 1. The van der Waals surface area contributed by atoms with Crippen molar-refractivity contribution in [1.29, 1.82) is 0 Å². The van der Waals surface area contributed by atoms with Gasteiger partial charge >= 0.3 is 11.9 Å². The van der Waals surface area contributed by atoms with E-state index in [1.807, 2.05) is 13.8 Å². The summed E-state index contributed by atoms with van der Waals surface area (Å²) in [7, 11) is 0. The van der Waals surface area contributed by atoms with Gasteiger partial charge in [0.2, 0.25) is 5.79 Å². The van der Waals surface area contributed by atoms with Gasteiger partial charge in [-0.1, -0.05) is 34.6 Å². The van der Waals surface area contributed by atoms with E-state index in [9.17, 15) is 14.7 Å². The number of hydrogen-bond donors (Lipinski definition) is 1. The largest absolute Gasteiger partial charge is 0.462 e. The first-order valence-corrected chi connectivity index (χ1v) is 16.3. The molecule has 7 nitrogen and oxygen atoms in total. The van der Waals surface area contributed by atoms with Crippen LogP contribution in [0.3, 0.4) is 0 Å². The number of esters is 2. The molecule has 0 radical (unpaired) electrons. The van der Waals surface area contributed by atoms with E-state index in [-0.39, 0.29) is 57.1 Å². The van der Waals surface area contributed by atoms with E-state index >= 15 is 0 Å². The van der Waals surface area contributed by atoms with Crippen LogP contribution in [0, 0.1) is 50.7 Å². The van der Waals surface area contributed by atoms with Crippen LogP contribution < -0.4 is 0 Å². The number of ether oxygens (including phenoxy) is 4. The van der Waals surface area contributed by atoms with Crippen LogP contribution in [-0.4, -0.2) is 52.8 Å². The molecular formula is C34H52O7. The predicted molar refractivity (Wildman–Crippen MR) is 151 cm³/mol. The molecule has 3 spiro atoms. The third-order valence-electron chi connectivity index (χ3n) is 14.7. The van der Waals surface area contributed by atoms with Crippen LogP contribution in [0.1, 0.15) is 114 Å². The first-order chi connectivity index (χ1) is 18.9. The topological polar surface area (TPSA) is 91.3 Å². The minimum absolute atomic E-state index is 0.0341. The van der Waals surface area contributed by atoms with E-state index in [4.69, 9.17) is 18.9 Å². The van der Waals surface area contributed by atoms with E-state index in [1.165, 1.54) is 26.7 Å². The Bertz CT molecular complexity index is 1170. The number of hydrogen-bond acceptors (Lipinski definition) is 7. The normalized spacial score (nSPS) is 56.0. The quantitative estimate of drug-likeness (QED) is 0.428. The van der Waals surface area contributed by atoms with Crippen LogP contribution in [0.4, 0.5) is 0 Å². The summed E-state index contributed by atoms with van der Waals surface area (Å²) in [5.41, 5.74) is -1.16. The Balaban J connectivity index is 1.33. The molecule has 0 aromatic carbocycles. The maximum absolute atomic E-state index is 12.9. The van der Waals surface area contributed by atoms with Gasteiger partial charge in [-0.3, -0.25) is 9.59 Å². The lowest BCUT2D eigenvalue weighted by molar-refractivity contribution is -0.286. The monoisotopic (exact) mass is 572 g/mol. The van der Waals surface area contributed by atoms with Gasteiger partial charge in [0.1, 0.15) is 12.2 Å². The third kappa shape index (κ3) is 3.17. The van der Waals surface area contributed by atoms with E-state index in [1.54, 1.807) is 0 Å². The van der Waals surface area contributed by atoms with Crippen molar-refractivity contribution in [3.05, 3.63) is 0 Å². The van der Waals surface area contributed by atoms with Gasteiger partial charge in [-0.2, -0.15) is 0 Å². The average Bonchev–Trinajstić information content (AvgIpc) is 3.35. The molecule has 41 heavy (non-hydrogen) atoms. The lowest BCUT2D eigenvalue weighted by Gasteiger charge is -2.63. The third-order valence-corrected chi connectivity index (χ3v) is 14.7. The van der Waals surface area contributed by atoms with Crippen molar-refractivity contribution >= 4 is 11.9 Å². The Labute approximate surface area is 245 Å². The Morgan fingerprint density at radius 2 is 1.51 bits per heavy atom. The van der Waals surface area contributed by atoms with Gasteiger partial charge in [-0.15, -0.1) is 0 Å². The molecule has 0 amide bonds. The van der Waals surface area contributed by atoms with Gasteiger partial charge in [-0.25, -0.2) is 0 Å². The molecular weight excluding hydrogens is 520 g/mol. The molecule has 2 bridgehead atoms. The van der Waals surface area contributed by atoms with Crippen molar-refractivity contribution in [3.8, 4) is 0 Å². The number of fused-ring (bicyclic) bond motifs is 4. The first kappa shape index (κ1) is 28.6. The molecule has 7 fully saturated rings. The fourth-order valence-electron chi connectivity index (χ4n) is 13.4. The molecule has 7 heteroatoms. The Morgan fingerprint density at radius 1 is 0.878 bits per heavy atom. The molecule has 7 rings (SSSR count). The van der Waals surface area contributed by atoms with Crippen molar-refractivity contribution in [2.75, 3.05) is 0 Å². The minimum Gasteiger partial charge on any atom is -0.462 e. The highest BCUT2D eigenvalue weighted by Crippen LogP contribution is 2.90. The van der Waals surface area contributed by atoms with E-state index in [2.05, 4.69) is 34.6 Å². The maximum Gasteiger partial charge on any atom is 0.303 e. The first-order valence-electron chi connectivity index (χ1n) is 16.3. The lowest BCUT2D eigenvalue weighted by atomic mass is 9.41. The van der Waals surface area contributed by atoms with Crippen LogP contribution in [-0.2, 0) is 28.5 Å². The van der Waals surface area contributed by atoms with Crippen LogP contribution in [0.15, 0.2) is 0 Å². The average molecular weight is 573 g/mol. The van der Waals surface area contributed by atoms with Gasteiger partial charge in [-0.05, 0) is 99.2 Å². The van der Waals surface area contributed by atoms with E-state index < -0.39 is 23.6 Å². The summed E-state index contributed by atoms with van der Waals surface area (Å²) >= 11 is 0. The predicted octanol–water partition coefficient (Wildman–Crippen LogP) is 5.80. The van der Waals surface area contributed by atoms with Crippen molar-refractivity contribution < 1.29 is 33.6 Å². The van der Waals surface area contributed by atoms with Crippen LogP contribution in [0.5, 0.6) is 0 Å². The van der Waals surface area contributed by atoms with Crippen molar-refractivity contribution in [2.24, 2.45) is 50.7 Å². The van der Waals surface area contributed by atoms with Gasteiger partial charge < -0.3 is 24.1 Å². The molecule has 2 aliphatic heterocycles. The summed E-state index contributed by atoms with van der Waals surface area (Å²) in [5, 5.41) is 11.2. The van der Waals surface area contributed by atoms with Crippen molar-refractivity contribution in [2.45, 2.75) is 149 Å². The summed E-state index contributed by atoms with van der Waals surface area (Å²) in [4.78, 5) is 24.9. The number of rotatable bonds is 3. The number of carbonyl (C=O) groups excluding carboxylic acids is 2. The lowest BCUT2D eigenvalue weighted by Crippen LogP contribution is -2.61. The van der Waals surface area contributed by atoms with E-state index in [0.717, 1.165) is 38.5 Å². The fourth-order valence-corrected chi connectivity index (χ4v) is 13.4. The Hall–Kier alpha value is -1.18. The molecule has 230 valence electrons. The van der Waals surface area contributed by atoms with Gasteiger partial charge in [0.15, 0.2) is 6.10 Å². The zero-order valence-electron chi connectivity index (χ0n) is 26.7. The maximum atomic E-state index is 12.9. The number of carbonyl (C=O) groups is 2. The Morgan fingerprint density at radius 3 is 2.15 bits per heavy atom. The molecule has 1 N–H and O–H groups in total. The summed E-state index contributed by atoms with van der Waals surface area (Å²) in [6.45, 7) is 18.5. The van der Waals surface area contributed by atoms with E-state index in [0.29, 0.717) is 17.8 Å². The highest BCUT2D eigenvalue weighted by molar-refractivity contribution is 5.67. The minimum atomic E-state index is -1.06. The zero-order chi connectivity index (χ0) is 29.8. The summed E-state index contributed by atoms with van der Waals surface area (Å²) in [6.07, 6.45) is 7.24. The molecule has 7 aliphatic rings. The molecule has 5 aliphatic carbocycles. The molecule has 0 aromatic rings. The SMILES string of the molecule is CC(=O)O[C@H]1CC[C@]23C[C@]24CC[C@]2(C)[C@H]5[C@H](C)C[C@@H]6O[C@@]5(OC6C(C)(C)O)[C@H](OC(C)=O)[C@@]2(C)[C@@H]4CC[C@H]3C1(C)C. The zero-order valence-corrected chi connectivity index (χ0v) is 26.7. The molecule has 5 saturated carbocycles.